The Balaban J connectivity index is 0. The number of carbonyl (C=O) groups is 1. The van der Waals surface area contributed by atoms with Crippen molar-refractivity contribution in [2.75, 3.05) is 6.61 Å². The van der Waals surface area contributed by atoms with Crippen LogP contribution in [0.2, 0.25) is 0 Å². The van der Waals surface area contributed by atoms with Gasteiger partial charge in [0, 0.05) is 6.42 Å². The molecule has 0 aromatic heterocycles. The molecule has 0 atom stereocenters. The Morgan fingerprint density at radius 1 is 1.27 bits per heavy atom. The first kappa shape index (κ1) is 13.7. The number of unbranched alkanes of at least 4 members (excludes halogenated alkanes) is 2. The third kappa shape index (κ3) is 10.1. The second-order valence-electron chi connectivity index (χ2n) is 2.26. The summed E-state index contributed by atoms with van der Waals surface area (Å²) >= 11 is 0. The van der Waals surface area contributed by atoms with Gasteiger partial charge in [0.1, 0.15) is 0 Å². The van der Waals surface area contributed by atoms with Crippen LogP contribution in [-0.2, 0) is 29.0 Å². The summed E-state index contributed by atoms with van der Waals surface area (Å²) in [5.74, 6) is -0.0593. The van der Waals surface area contributed by atoms with Gasteiger partial charge in [-0.2, -0.15) is 0 Å². The summed E-state index contributed by atoms with van der Waals surface area (Å²) in [5, 5.41) is 0. The van der Waals surface area contributed by atoms with Crippen LogP contribution >= 0.6 is 0 Å². The minimum Gasteiger partial charge on any atom is -0.466 e. The molecule has 11 heavy (non-hydrogen) atoms. The SMILES string of the molecule is CCCCCC(=O)OCC.[Zn+2]. The summed E-state index contributed by atoms with van der Waals surface area (Å²) in [4.78, 5) is 10.7. The minimum absolute atomic E-state index is 0. The third-order valence-corrected chi connectivity index (χ3v) is 1.29. The smallest absolute Gasteiger partial charge is 0.466 e. The fourth-order valence-electron chi connectivity index (χ4n) is 0.752. The molecule has 0 fully saturated rings. The first-order valence-corrected chi connectivity index (χ1v) is 3.96. The van der Waals surface area contributed by atoms with Crippen molar-refractivity contribution in [2.45, 2.75) is 39.5 Å². The van der Waals surface area contributed by atoms with Crippen molar-refractivity contribution in [3.8, 4) is 0 Å². The first-order valence-electron chi connectivity index (χ1n) is 3.96. The van der Waals surface area contributed by atoms with Crippen LogP contribution < -0.4 is 0 Å². The zero-order chi connectivity index (χ0) is 7.82. The largest absolute Gasteiger partial charge is 2.00 e. The second-order valence-corrected chi connectivity index (χ2v) is 2.26. The number of carbonyl (C=O) groups excluding carboxylic acids is 1. The van der Waals surface area contributed by atoms with Gasteiger partial charge in [-0.25, -0.2) is 0 Å². The van der Waals surface area contributed by atoms with E-state index in [1.54, 1.807) is 0 Å². The molecule has 0 spiro atoms. The van der Waals surface area contributed by atoms with Gasteiger partial charge in [-0.15, -0.1) is 0 Å². The molecule has 0 heterocycles. The predicted octanol–water partition coefficient (Wildman–Crippen LogP) is 2.13. The summed E-state index contributed by atoms with van der Waals surface area (Å²) < 4.78 is 4.75. The Labute approximate surface area is 81.5 Å². The third-order valence-electron chi connectivity index (χ3n) is 1.29. The van der Waals surface area contributed by atoms with Crippen molar-refractivity contribution >= 4 is 5.97 Å². The molecular weight excluding hydrogens is 193 g/mol. The van der Waals surface area contributed by atoms with Crippen molar-refractivity contribution in [1.29, 1.82) is 0 Å². The zero-order valence-corrected chi connectivity index (χ0v) is 10.5. The number of rotatable bonds is 5. The molecule has 0 aromatic rings. The van der Waals surface area contributed by atoms with E-state index in [2.05, 4.69) is 6.92 Å². The standard InChI is InChI=1S/C8H16O2.Zn/c1-3-5-6-7-8(9)10-4-2;/h3-7H2,1-2H3;/q;+2. The van der Waals surface area contributed by atoms with E-state index in [1.807, 2.05) is 6.92 Å². The number of ether oxygens (including phenoxy) is 1. The summed E-state index contributed by atoms with van der Waals surface area (Å²) in [5.41, 5.74) is 0. The van der Waals surface area contributed by atoms with Crippen LogP contribution in [0.5, 0.6) is 0 Å². The number of hydrogen-bond acceptors (Lipinski definition) is 2. The van der Waals surface area contributed by atoms with Crippen LogP contribution in [0.15, 0.2) is 0 Å². The topological polar surface area (TPSA) is 26.3 Å². The van der Waals surface area contributed by atoms with Crippen LogP contribution in [0.4, 0.5) is 0 Å². The molecule has 0 radical (unpaired) electrons. The van der Waals surface area contributed by atoms with E-state index in [-0.39, 0.29) is 25.4 Å². The molecular formula is C8H16O2Zn+2. The van der Waals surface area contributed by atoms with Crippen LogP contribution in [0.25, 0.3) is 0 Å². The van der Waals surface area contributed by atoms with E-state index in [0.717, 1.165) is 19.3 Å². The van der Waals surface area contributed by atoms with Gasteiger partial charge in [0.25, 0.3) is 0 Å². The van der Waals surface area contributed by atoms with Crippen LogP contribution in [0.1, 0.15) is 39.5 Å². The Morgan fingerprint density at radius 2 is 1.91 bits per heavy atom. The van der Waals surface area contributed by atoms with E-state index in [0.29, 0.717) is 13.0 Å². The van der Waals surface area contributed by atoms with Crippen molar-refractivity contribution in [1.82, 2.24) is 0 Å². The summed E-state index contributed by atoms with van der Waals surface area (Å²) in [6.07, 6.45) is 3.83. The van der Waals surface area contributed by atoms with Gasteiger partial charge in [-0.1, -0.05) is 19.8 Å². The van der Waals surface area contributed by atoms with E-state index in [4.69, 9.17) is 4.74 Å². The van der Waals surface area contributed by atoms with Gasteiger partial charge >= 0.3 is 25.4 Å². The van der Waals surface area contributed by atoms with E-state index >= 15 is 0 Å². The predicted molar refractivity (Wildman–Crippen MR) is 40.8 cm³/mol. The van der Waals surface area contributed by atoms with Crippen LogP contribution in [-0.4, -0.2) is 12.6 Å². The van der Waals surface area contributed by atoms with Crippen molar-refractivity contribution in [3.05, 3.63) is 0 Å². The van der Waals surface area contributed by atoms with Crippen molar-refractivity contribution in [2.24, 2.45) is 0 Å². The van der Waals surface area contributed by atoms with Gasteiger partial charge in [-0.05, 0) is 13.3 Å². The molecule has 0 saturated carbocycles. The summed E-state index contributed by atoms with van der Waals surface area (Å²) in [7, 11) is 0. The first-order chi connectivity index (χ1) is 4.81. The molecule has 0 aromatic carbocycles. The Kier molecular flexibility index (Phi) is 12.5. The fourth-order valence-corrected chi connectivity index (χ4v) is 0.752. The average Bonchev–Trinajstić information content (AvgIpc) is 1.89. The van der Waals surface area contributed by atoms with Crippen molar-refractivity contribution < 1.29 is 29.0 Å². The molecule has 0 unspecified atom stereocenters. The van der Waals surface area contributed by atoms with E-state index < -0.39 is 0 Å². The van der Waals surface area contributed by atoms with Crippen LogP contribution in [0.3, 0.4) is 0 Å². The van der Waals surface area contributed by atoms with E-state index in [1.165, 1.54) is 0 Å². The molecule has 0 rings (SSSR count). The molecule has 0 bridgehead atoms. The molecule has 0 aliphatic rings. The van der Waals surface area contributed by atoms with Gasteiger partial charge in [0.15, 0.2) is 0 Å². The van der Waals surface area contributed by atoms with Crippen molar-refractivity contribution in [3.63, 3.8) is 0 Å². The van der Waals surface area contributed by atoms with Gasteiger partial charge < -0.3 is 4.74 Å². The molecule has 0 N–H and O–H groups in total. The summed E-state index contributed by atoms with van der Waals surface area (Å²) in [6, 6.07) is 0. The average molecular weight is 210 g/mol. The quantitative estimate of drug-likeness (QED) is 0.394. The zero-order valence-electron chi connectivity index (χ0n) is 7.56. The Bertz CT molecular complexity index is 94.1. The number of hydrogen-bond donors (Lipinski definition) is 0. The minimum atomic E-state index is -0.0593. The summed E-state index contributed by atoms with van der Waals surface area (Å²) in [6.45, 7) is 4.45. The Morgan fingerprint density at radius 3 is 2.36 bits per heavy atom. The van der Waals surface area contributed by atoms with Crippen LogP contribution in [0, 0.1) is 0 Å². The second kappa shape index (κ2) is 10.1. The Hall–Kier alpha value is 0.0934. The molecule has 2 nitrogen and oxygen atoms in total. The van der Waals surface area contributed by atoms with E-state index in [9.17, 15) is 4.79 Å². The molecule has 0 saturated heterocycles. The normalized spacial score (nSPS) is 8.55. The van der Waals surface area contributed by atoms with Gasteiger partial charge in [0.2, 0.25) is 0 Å². The molecule has 0 amide bonds. The maximum absolute atomic E-state index is 10.7. The maximum atomic E-state index is 10.7. The monoisotopic (exact) mass is 208 g/mol. The van der Waals surface area contributed by atoms with Gasteiger partial charge in [-0.3, -0.25) is 4.79 Å². The fraction of sp³-hybridized carbons (Fsp3) is 0.875. The number of esters is 1. The molecule has 3 heteroatoms. The molecule has 60 valence electrons. The maximum Gasteiger partial charge on any atom is 2.00 e. The van der Waals surface area contributed by atoms with Gasteiger partial charge in [0.05, 0.1) is 6.61 Å². The molecule has 0 aliphatic carbocycles. The molecule has 0 aliphatic heterocycles.